The van der Waals surface area contributed by atoms with Crippen molar-refractivity contribution in [3.05, 3.63) is 62.5 Å². The van der Waals surface area contributed by atoms with Crippen molar-refractivity contribution >= 4 is 37.5 Å². The van der Waals surface area contributed by atoms with E-state index in [4.69, 9.17) is 0 Å². The summed E-state index contributed by atoms with van der Waals surface area (Å²) in [7, 11) is 0. The lowest BCUT2D eigenvalue weighted by Crippen LogP contribution is -2.16. The molecular weight excluding hydrogens is 378 g/mol. The zero-order chi connectivity index (χ0) is 14.5. The number of hydrogen-bond donors (Lipinski definition) is 1. The molecule has 0 aliphatic heterocycles. The van der Waals surface area contributed by atoms with Gasteiger partial charge in [0.1, 0.15) is 0 Å². The maximum atomic E-state index is 3.59. The largest absolute Gasteiger partial charge is 0.382 e. The Kier molecular flexibility index (Phi) is 5.67. The molecule has 2 aromatic rings. The Hall–Kier alpha value is -0.800. The summed E-state index contributed by atoms with van der Waals surface area (Å²) < 4.78 is 2.18. The van der Waals surface area contributed by atoms with Crippen molar-refractivity contribution in [1.82, 2.24) is 0 Å². The number of anilines is 1. The van der Waals surface area contributed by atoms with E-state index < -0.39 is 0 Å². The molecule has 0 saturated carbocycles. The fourth-order valence-electron chi connectivity index (χ4n) is 2.19. The van der Waals surface area contributed by atoms with Gasteiger partial charge in [0.2, 0.25) is 0 Å². The van der Waals surface area contributed by atoms with Gasteiger partial charge in [-0.15, -0.1) is 0 Å². The number of hydrogen-bond acceptors (Lipinski definition) is 1. The van der Waals surface area contributed by atoms with E-state index in [2.05, 4.69) is 93.5 Å². The highest BCUT2D eigenvalue weighted by Gasteiger charge is 2.06. The first-order chi connectivity index (χ1) is 9.54. The standard InChI is InChI=1S/C17H19Br2N/c1-12-4-3-5-14(10-12)7-6-13(2)20-17-9-8-15(18)11-16(17)19/h3-5,8-11,13,20H,6-7H2,1-2H3. The zero-order valence-corrected chi connectivity index (χ0v) is 15.0. The quantitative estimate of drug-likeness (QED) is 0.657. The highest BCUT2D eigenvalue weighted by atomic mass is 79.9. The third kappa shape index (κ3) is 4.64. The van der Waals surface area contributed by atoms with Crippen LogP contribution < -0.4 is 5.32 Å². The van der Waals surface area contributed by atoms with Crippen LogP contribution in [0.25, 0.3) is 0 Å². The van der Waals surface area contributed by atoms with Crippen molar-refractivity contribution in [2.24, 2.45) is 0 Å². The van der Waals surface area contributed by atoms with Gasteiger partial charge >= 0.3 is 0 Å². The van der Waals surface area contributed by atoms with Gasteiger partial charge in [-0.2, -0.15) is 0 Å². The summed E-state index contributed by atoms with van der Waals surface area (Å²) >= 11 is 7.06. The molecule has 2 aromatic carbocycles. The van der Waals surface area contributed by atoms with Crippen molar-refractivity contribution in [2.45, 2.75) is 32.7 Å². The number of benzene rings is 2. The Morgan fingerprint density at radius 3 is 2.60 bits per heavy atom. The molecule has 1 nitrogen and oxygen atoms in total. The lowest BCUT2D eigenvalue weighted by Gasteiger charge is -2.16. The minimum Gasteiger partial charge on any atom is -0.382 e. The molecule has 0 fully saturated rings. The smallest absolute Gasteiger partial charge is 0.0487 e. The van der Waals surface area contributed by atoms with Crippen molar-refractivity contribution in [3.8, 4) is 0 Å². The molecule has 1 atom stereocenters. The highest BCUT2D eigenvalue weighted by molar-refractivity contribution is 9.11. The fraction of sp³-hybridized carbons (Fsp3) is 0.294. The molecule has 1 unspecified atom stereocenters. The topological polar surface area (TPSA) is 12.0 Å². The predicted octanol–water partition coefficient (Wildman–Crippen LogP) is 5.95. The van der Waals surface area contributed by atoms with Gasteiger partial charge in [-0.25, -0.2) is 0 Å². The minimum atomic E-state index is 0.438. The number of nitrogens with one attached hydrogen (secondary N) is 1. The van der Waals surface area contributed by atoms with Crippen LogP contribution in [0.15, 0.2) is 51.4 Å². The molecule has 0 spiro atoms. The van der Waals surface area contributed by atoms with E-state index in [-0.39, 0.29) is 0 Å². The molecule has 20 heavy (non-hydrogen) atoms. The van der Waals surface area contributed by atoms with Gasteiger partial charge in [0.05, 0.1) is 0 Å². The van der Waals surface area contributed by atoms with Crippen LogP contribution in [-0.2, 0) is 6.42 Å². The molecule has 1 N–H and O–H groups in total. The van der Waals surface area contributed by atoms with Crippen LogP contribution in [0.5, 0.6) is 0 Å². The second-order valence-electron chi connectivity index (χ2n) is 5.20. The molecule has 0 amide bonds. The number of halogens is 2. The molecule has 0 aliphatic rings. The molecule has 0 bridgehead atoms. The Bertz CT molecular complexity index is 581. The van der Waals surface area contributed by atoms with Crippen LogP contribution in [0.4, 0.5) is 5.69 Å². The van der Waals surface area contributed by atoms with Crippen molar-refractivity contribution in [2.75, 3.05) is 5.32 Å². The summed E-state index contributed by atoms with van der Waals surface area (Å²) in [4.78, 5) is 0. The predicted molar refractivity (Wildman–Crippen MR) is 94.4 cm³/mol. The third-order valence-corrected chi connectivity index (χ3v) is 4.43. The second kappa shape index (κ2) is 7.28. The maximum Gasteiger partial charge on any atom is 0.0487 e. The average Bonchev–Trinajstić information content (AvgIpc) is 2.40. The van der Waals surface area contributed by atoms with Gasteiger partial charge in [-0.3, -0.25) is 0 Å². The van der Waals surface area contributed by atoms with Crippen LogP contribution in [0.2, 0.25) is 0 Å². The molecule has 3 heteroatoms. The van der Waals surface area contributed by atoms with Crippen molar-refractivity contribution in [1.29, 1.82) is 0 Å². The molecule has 106 valence electrons. The van der Waals surface area contributed by atoms with Gasteiger partial charge in [-0.05, 0) is 66.4 Å². The zero-order valence-electron chi connectivity index (χ0n) is 11.8. The van der Waals surface area contributed by atoms with Crippen LogP contribution in [0.1, 0.15) is 24.5 Å². The van der Waals surface area contributed by atoms with Gasteiger partial charge in [-0.1, -0.05) is 45.8 Å². The van der Waals surface area contributed by atoms with E-state index in [0.717, 1.165) is 27.5 Å². The van der Waals surface area contributed by atoms with Crippen molar-refractivity contribution < 1.29 is 0 Å². The lowest BCUT2D eigenvalue weighted by atomic mass is 10.0. The molecule has 0 aromatic heterocycles. The Morgan fingerprint density at radius 2 is 1.90 bits per heavy atom. The molecule has 2 rings (SSSR count). The normalized spacial score (nSPS) is 12.2. The summed E-state index contributed by atoms with van der Waals surface area (Å²) in [6.07, 6.45) is 2.22. The molecular formula is C17H19Br2N. The number of aryl methyl sites for hydroxylation is 2. The van der Waals surface area contributed by atoms with Gasteiger partial charge in [0, 0.05) is 20.7 Å². The van der Waals surface area contributed by atoms with E-state index >= 15 is 0 Å². The van der Waals surface area contributed by atoms with Gasteiger partial charge in [0.25, 0.3) is 0 Å². The summed E-state index contributed by atoms with van der Waals surface area (Å²) in [5.74, 6) is 0. The van der Waals surface area contributed by atoms with Crippen molar-refractivity contribution in [3.63, 3.8) is 0 Å². The first kappa shape index (κ1) is 15.6. The number of rotatable bonds is 5. The monoisotopic (exact) mass is 395 g/mol. The SMILES string of the molecule is Cc1cccc(CCC(C)Nc2ccc(Br)cc2Br)c1. The summed E-state index contributed by atoms with van der Waals surface area (Å²) in [6, 6.07) is 15.4. The highest BCUT2D eigenvalue weighted by Crippen LogP contribution is 2.27. The van der Waals surface area contributed by atoms with Crippen LogP contribution in [-0.4, -0.2) is 6.04 Å². The molecule has 0 saturated heterocycles. The Morgan fingerprint density at radius 1 is 1.10 bits per heavy atom. The third-order valence-electron chi connectivity index (χ3n) is 3.28. The van der Waals surface area contributed by atoms with Crippen LogP contribution in [0, 0.1) is 6.92 Å². The van der Waals surface area contributed by atoms with E-state index in [1.54, 1.807) is 0 Å². The Labute approximate surface area is 138 Å². The van der Waals surface area contributed by atoms with E-state index in [1.165, 1.54) is 11.1 Å². The first-order valence-corrected chi connectivity index (χ1v) is 8.40. The van der Waals surface area contributed by atoms with Gasteiger partial charge < -0.3 is 5.32 Å². The average molecular weight is 397 g/mol. The van der Waals surface area contributed by atoms with Gasteiger partial charge in [0.15, 0.2) is 0 Å². The molecule has 0 radical (unpaired) electrons. The molecule has 0 heterocycles. The fourth-order valence-corrected chi connectivity index (χ4v) is 3.36. The summed E-state index contributed by atoms with van der Waals surface area (Å²) in [5.41, 5.74) is 3.89. The summed E-state index contributed by atoms with van der Waals surface area (Å²) in [6.45, 7) is 4.37. The Balaban J connectivity index is 1.90. The maximum absolute atomic E-state index is 3.59. The molecule has 0 aliphatic carbocycles. The van der Waals surface area contributed by atoms with Crippen LogP contribution in [0.3, 0.4) is 0 Å². The lowest BCUT2D eigenvalue weighted by molar-refractivity contribution is 0.705. The summed E-state index contributed by atoms with van der Waals surface area (Å²) in [5, 5.41) is 3.55. The first-order valence-electron chi connectivity index (χ1n) is 6.82. The van der Waals surface area contributed by atoms with E-state index in [9.17, 15) is 0 Å². The second-order valence-corrected chi connectivity index (χ2v) is 6.97. The minimum absolute atomic E-state index is 0.438. The van der Waals surface area contributed by atoms with Crippen LogP contribution >= 0.6 is 31.9 Å². The van der Waals surface area contributed by atoms with E-state index in [1.807, 2.05) is 0 Å². The van der Waals surface area contributed by atoms with E-state index in [0.29, 0.717) is 6.04 Å².